The third-order valence-corrected chi connectivity index (χ3v) is 5.12. The highest BCUT2D eigenvalue weighted by Gasteiger charge is 2.27. The van der Waals surface area contributed by atoms with Gasteiger partial charge in [-0.15, -0.1) is 0 Å². The van der Waals surface area contributed by atoms with Gasteiger partial charge >= 0.3 is 18.0 Å². The molecule has 0 saturated heterocycles. The van der Waals surface area contributed by atoms with Gasteiger partial charge in [0.15, 0.2) is 0 Å². The summed E-state index contributed by atoms with van der Waals surface area (Å²) in [4.78, 5) is 49.6. The van der Waals surface area contributed by atoms with Gasteiger partial charge in [-0.2, -0.15) is 0 Å². The Morgan fingerprint density at radius 2 is 1.66 bits per heavy atom. The lowest BCUT2D eigenvalue weighted by molar-refractivity contribution is -0.137. The molecule has 38 heavy (non-hydrogen) atoms. The van der Waals surface area contributed by atoms with Crippen LogP contribution >= 0.6 is 0 Å². The van der Waals surface area contributed by atoms with E-state index in [9.17, 15) is 19.2 Å². The molecule has 0 saturated carbocycles. The summed E-state index contributed by atoms with van der Waals surface area (Å²) in [6.07, 6.45) is 0.759. The van der Waals surface area contributed by atoms with Crippen molar-refractivity contribution in [2.24, 2.45) is 5.92 Å². The molecule has 10 heteroatoms. The van der Waals surface area contributed by atoms with Crippen LogP contribution in [0.5, 0.6) is 17.2 Å². The predicted octanol–water partition coefficient (Wildman–Crippen LogP) is 5.22. The summed E-state index contributed by atoms with van der Waals surface area (Å²) in [5.41, 5.74) is -0.648. The minimum absolute atomic E-state index is 0.0633. The molecule has 0 fully saturated rings. The molecule has 0 aliphatic heterocycles. The Labute approximate surface area is 219 Å². The number of ether oxygens (including phenoxy) is 4. The molecular formula is C28H31NO9. The van der Waals surface area contributed by atoms with Gasteiger partial charge in [0.05, 0.1) is 18.1 Å². The number of carbonyl (C=O) groups excluding carboxylic acids is 3. The van der Waals surface area contributed by atoms with Crippen molar-refractivity contribution in [3.05, 3.63) is 64.5 Å². The van der Waals surface area contributed by atoms with Gasteiger partial charge in [-0.25, -0.2) is 14.4 Å². The molecule has 1 aromatic heterocycles. The summed E-state index contributed by atoms with van der Waals surface area (Å²) in [5.74, 6) is -0.684. The normalized spacial score (nSPS) is 12.1. The highest BCUT2D eigenvalue weighted by Crippen LogP contribution is 2.25. The molecule has 0 spiro atoms. The molecular weight excluding hydrogens is 494 g/mol. The molecule has 3 rings (SSSR count). The van der Waals surface area contributed by atoms with Gasteiger partial charge in [0, 0.05) is 6.07 Å². The Bertz CT molecular complexity index is 1370. The lowest BCUT2D eigenvalue weighted by atomic mass is 10.0. The van der Waals surface area contributed by atoms with E-state index in [0.29, 0.717) is 17.7 Å². The molecule has 1 heterocycles. The number of alkyl carbamates (subject to hydrolysis) is 1. The maximum Gasteiger partial charge on any atom is 0.408 e. The van der Waals surface area contributed by atoms with Crippen molar-refractivity contribution in [2.45, 2.75) is 52.7 Å². The monoisotopic (exact) mass is 525 g/mol. The Kier molecular flexibility index (Phi) is 8.77. The Hall–Kier alpha value is -4.34. The lowest BCUT2D eigenvalue weighted by Gasteiger charge is -2.23. The first-order chi connectivity index (χ1) is 17.9. The molecule has 0 unspecified atom stereocenters. The van der Waals surface area contributed by atoms with Crippen LogP contribution in [-0.2, 0) is 14.3 Å². The van der Waals surface area contributed by atoms with Crippen LogP contribution in [0.15, 0.2) is 57.9 Å². The second-order valence-electron chi connectivity index (χ2n) is 9.95. The molecule has 3 aromatic rings. The number of methoxy groups -OCH3 is 1. The fourth-order valence-electron chi connectivity index (χ4n) is 3.45. The number of amides is 1. The summed E-state index contributed by atoms with van der Waals surface area (Å²) < 4.78 is 26.6. The van der Waals surface area contributed by atoms with Crippen LogP contribution in [0.2, 0.25) is 0 Å². The van der Waals surface area contributed by atoms with Crippen molar-refractivity contribution in [3.8, 4) is 17.2 Å². The maximum absolute atomic E-state index is 12.9. The Balaban J connectivity index is 1.76. The topological polar surface area (TPSA) is 130 Å². The third-order valence-electron chi connectivity index (χ3n) is 5.12. The van der Waals surface area contributed by atoms with Gasteiger partial charge in [0.25, 0.3) is 0 Å². The van der Waals surface area contributed by atoms with Crippen LogP contribution < -0.4 is 20.2 Å². The second kappa shape index (κ2) is 11.8. The maximum atomic E-state index is 12.9. The van der Waals surface area contributed by atoms with E-state index >= 15 is 0 Å². The molecule has 0 radical (unpaired) electrons. The van der Waals surface area contributed by atoms with Gasteiger partial charge in [0.1, 0.15) is 35.0 Å². The highest BCUT2D eigenvalue weighted by atomic mass is 16.6. The van der Waals surface area contributed by atoms with Crippen molar-refractivity contribution < 1.29 is 37.7 Å². The summed E-state index contributed by atoms with van der Waals surface area (Å²) in [5, 5.41) is 2.77. The second-order valence-corrected chi connectivity index (χ2v) is 9.95. The van der Waals surface area contributed by atoms with Gasteiger partial charge in [-0.1, -0.05) is 13.8 Å². The fraction of sp³-hybridized carbons (Fsp3) is 0.357. The molecule has 1 N–H and O–H groups in total. The zero-order valence-corrected chi connectivity index (χ0v) is 22.2. The Morgan fingerprint density at radius 3 is 2.26 bits per heavy atom. The minimum Gasteiger partial charge on any atom is -0.465 e. The molecule has 1 amide bonds. The van der Waals surface area contributed by atoms with Gasteiger partial charge in [-0.05, 0) is 69.5 Å². The standard InChI is InChI=1S/C28H31NO9/c1-16(2)13-21(29-27(33)38-28(3,4)5)26(32)37-19-11-12-20-22(14-19)35-15-23(24(20)30)36-18-9-7-17(8-10-18)25(31)34-6/h7-12,14-16,21H,13H2,1-6H3,(H,29,33)/t21-/m1/s1. The van der Waals surface area contributed by atoms with Crippen molar-refractivity contribution in [1.82, 2.24) is 5.32 Å². The molecule has 0 aliphatic carbocycles. The highest BCUT2D eigenvalue weighted by molar-refractivity contribution is 5.89. The minimum atomic E-state index is -0.936. The number of hydrogen-bond donors (Lipinski definition) is 1. The molecule has 2 aromatic carbocycles. The van der Waals surface area contributed by atoms with Crippen LogP contribution in [-0.4, -0.2) is 36.8 Å². The number of hydrogen-bond acceptors (Lipinski definition) is 9. The summed E-state index contributed by atoms with van der Waals surface area (Å²) >= 11 is 0. The predicted molar refractivity (Wildman–Crippen MR) is 139 cm³/mol. The number of nitrogens with one attached hydrogen (secondary N) is 1. The van der Waals surface area contributed by atoms with Crippen LogP contribution in [0.3, 0.4) is 0 Å². The van der Waals surface area contributed by atoms with Crippen LogP contribution in [0.25, 0.3) is 11.0 Å². The van der Waals surface area contributed by atoms with E-state index in [4.69, 9.17) is 18.6 Å². The first kappa shape index (κ1) is 28.2. The third kappa shape index (κ3) is 7.58. The molecule has 10 nitrogen and oxygen atoms in total. The number of esters is 2. The smallest absolute Gasteiger partial charge is 0.408 e. The summed E-state index contributed by atoms with van der Waals surface area (Å²) in [6.45, 7) is 9.00. The SMILES string of the molecule is COC(=O)c1ccc(Oc2coc3cc(OC(=O)[C@@H](CC(C)C)NC(=O)OC(C)(C)C)ccc3c2=O)cc1. The van der Waals surface area contributed by atoms with Gasteiger partial charge < -0.3 is 28.7 Å². The molecule has 202 valence electrons. The number of benzene rings is 2. The molecule has 1 atom stereocenters. The number of rotatable bonds is 8. The van der Waals surface area contributed by atoms with E-state index in [1.54, 1.807) is 20.8 Å². The summed E-state index contributed by atoms with van der Waals surface area (Å²) in [6, 6.07) is 9.44. The lowest BCUT2D eigenvalue weighted by Crippen LogP contribution is -2.45. The fourth-order valence-corrected chi connectivity index (χ4v) is 3.45. The van der Waals surface area contributed by atoms with Crippen LogP contribution in [0, 0.1) is 5.92 Å². The van der Waals surface area contributed by atoms with Crippen LogP contribution in [0.1, 0.15) is 51.4 Å². The molecule has 0 aliphatic rings. The van der Waals surface area contributed by atoms with E-state index in [1.807, 2.05) is 13.8 Å². The van der Waals surface area contributed by atoms with E-state index < -0.39 is 35.1 Å². The Morgan fingerprint density at radius 1 is 1.00 bits per heavy atom. The average molecular weight is 526 g/mol. The molecule has 0 bridgehead atoms. The van der Waals surface area contributed by atoms with E-state index in [1.165, 1.54) is 49.6 Å². The van der Waals surface area contributed by atoms with Gasteiger partial charge in [-0.3, -0.25) is 4.79 Å². The van der Waals surface area contributed by atoms with Crippen molar-refractivity contribution in [2.75, 3.05) is 7.11 Å². The first-order valence-corrected chi connectivity index (χ1v) is 12.0. The van der Waals surface area contributed by atoms with Crippen molar-refractivity contribution >= 4 is 29.0 Å². The summed E-state index contributed by atoms with van der Waals surface area (Å²) in [7, 11) is 1.28. The number of carbonyl (C=O) groups is 3. The van der Waals surface area contributed by atoms with Gasteiger partial charge in [0.2, 0.25) is 11.2 Å². The largest absolute Gasteiger partial charge is 0.465 e. The van der Waals surface area contributed by atoms with Crippen molar-refractivity contribution in [1.29, 1.82) is 0 Å². The quantitative estimate of drug-likeness (QED) is 0.311. The average Bonchev–Trinajstić information content (AvgIpc) is 2.84. The van der Waals surface area contributed by atoms with E-state index in [2.05, 4.69) is 10.1 Å². The van der Waals surface area contributed by atoms with E-state index in [-0.39, 0.29) is 28.4 Å². The zero-order valence-electron chi connectivity index (χ0n) is 22.2. The first-order valence-electron chi connectivity index (χ1n) is 12.0. The zero-order chi connectivity index (χ0) is 28.0. The van der Waals surface area contributed by atoms with E-state index in [0.717, 1.165) is 6.26 Å². The van der Waals surface area contributed by atoms with Crippen LogP contribution in [0.4, 0.5) is 4.79 Å². The van der Waals surface area contributed by atoms with Crippen molar-refractivity contribution in [3.63, 3.8) is 0 Å². The number of fused-ring (bicyclic) bond motifs is 1.